The van der Waals surface area contributed by atoms with Gasteiger partial charge < -0.3 is 20.1 Å². The van der Waals surface area contributed by atoms with Crippen LogP contribution in [-0.2, 0) is 4.74 Å². The molecule has 5 nitrogen and oxygen atoms in total. The van der Waals surface area contributed by atoms with E-state index >= 15 is 0 Å². The van der Waals surface area contributed by atoms with Gasteiger partial charge in [-0.1, -0.05) is 30.7 Å². The predicted molar refractivity (Wildman–Crippen MR) is 85.0 cm³/mol. The highest BCUT2D eigenvalue weighted by molar-refractivity contribution is 6.32. The summed E-state index contributed by atoms with van der Waals surface area (Å²) in [7, 11) is 0. The molecule has 2 rings (SSSR count). The van der Waals surface area contributed by atoms with E-state index in [4.69, 9.17) is 26.8 Å². The fourth-order valence-electron chi connectivity index (χ4n) is 2.06. The van der Waals surface area contributed by atoms with E-state index in [9.17, 15) is 0 Å². The average molecular weight is 312 g/mol. The van der Waals surface area contributed by atoms with Crippen LogP contribution in [-0.4, -0.2) is 49.8 Å². The van der Waals surface area contributed by atoms with Crippen LogP contribution in [0.3, 0.4) is 0 Å². The lowest BCUT2D eigenvalue weighted by Crippen LogP contribution is -2.45. The summed E-state index contributed by atoms with van der Waals surface area (Å²) in [5, 5.41) is 0.612. The van der Waals surface area contributed by atoms with Crippen molar-refractivity contribution in [1.82, 2.24) is 4.90 Å². The zero-order valence-corrected chi connectivity index (χ0v) is 13.1. The summed E-state index contributed by atoms with van der Waals surface area (Å²) in [5.41, 5.74) is 6.01. The van der Waals surface area contributed by atoms with E-state index in [0.717, 1.165) is 19.5 Å². The van der Waals surface area contributed by atoms with Crippen LogP contribution in [0.25, 0.3) is 0 Å². The van der Waals surface area contributed by atoms with Gasteiger partial charge in [0.15, 0.2) is 5.96 Å². The summed E-state index contributed by atoms with van der Waals surface area (Å²) in [6, 6.07) is 7.46. The van der Waals surface area contributed by atoms with E-state index in [1.807, 2.05) is 29.2 Å². The predicted octanol–water partition coefficient (Wildman–Crippen LogP) is 2.14. The second-order valence-corrected chi connectivity index (χ2v) is 5.28. The summed E-state index contributed by atoms with van der Waals surface area (Å²) >= 11 is 6.10. The van der Waals surface area contributed by atoms with Crippen molar-refractivity contribution in [2.24, 2.45) is 10.7 Å². The number of nitrogens with two attached hydrogens (primary N) is 1. The Kier molecular flexibility index (Phi) is 6.14. The smallest absolute Gasteiger partial charge is 0.191 e. The molecule has 1 fully saturated rings. The van der Waals surface area contributed by atoms with E-state index in [-0.39, 0.29) is 6.10 Å². The van der Waals surface area contributed by atoms with E-state index in [2.05, 4.69) is 11.9 Å². The molecule has 1 heterocycles. The van der Waals surface area contributed by atoms with Crippen LogP contribution in [0, 0.1) is 0 Å². The number of morpholine rings is 1. The van der Waals surface area contributed by atoms with Crippen LogP contribution in [0.1, 0.15) is 13.3 Å². The molecule has 0 aliphatic carbocycles. The van der Waals surface area contributed by atoms with Crippen molar-refractivity contribution in [2.45, 2.75) is 19.4 Å². The molecule has 116 valence electrons. The van der Waals surface area contributed by atoms with Crippen LogP contribution in [0.2, 0.25) is 5.02 Å². The summed E-state index contributed by atoms with van der Waals surface area (Å²) in [6.45, 7) is 5.55. The van der Waals surface area contributed by atoms with E-state index in [1.54, 1.807) is 0 Å². The number of ether oxygens (including phenoxy) is 2. The lowest BCUT2D eigenvalue weighted by atomic mass is 10.2. The molecule has 1 aromatic carbocycles. The second kappa shape index (κ2) is 8.10. The van der Waals surface area contributed by atoms with Gasteiger partial charge in [0.05, 0.1) is 24.8 Å². The second-order valence-electron chi connectivity index (χ2n) is 4.88. The molecule has 0 spiro atoms. The number of aliphatic imine (C=N–C) groups is 1. The SMILES string of the molecule is CCC(CN=C(N)N1CCOCC1)Oc1ccccc1Cl. The number of halogens is 1. The molecule has 1 aromatic rings. The molecule has 0 saturated carbocycles. The standard InChI is InChI=1S/C15H22ClN3O2/c1-2-12(21-14-6-4-3-5-13(14)16)11-18-15(17)19-7-9-20-10-8-19/h3-6,12H,2,7-11H2,1H3,(H2,17,18). The molecule has 1 atom stereocenters. The van der Waals surface area contributed by atoms with Gasteiger partial charge in [-0.15, -0.1) is 0 Å². The number of benzene rings is 1. The van der Waals surface area contributed by atoms with Gasteiger partial charge in [0.1, 0.15) is 11.9 Å². The Morgan fingerprint density at radius 2 is 2.14 bits per heavy atom. The van der Waals surface area contributed by atoms with Crippen molar-refractivity contribution in [1.29, 1.82) is 0 Å². The number of hydrogen-bond acceptors (Lipinski definition) is 3. The molecular weight excluding hydrogens is 290 g/mol. The Morgan fingerprint density at radius 1 is 1.43 bits per heavy atom. The first-order chi connectivity index (χ1) is 10.2. The minimum absolute atomic E-state index is 0.0375. The van der Waals surface area contributed by atoms with Crippen LogP contribution in [0.4, 0.5) is 0 Å². The Hall–Kier alpha value is -1.46. The van der Waals surface area contributed by atoms with Crippen LogP contribution in [0.5, 0.6) is 5.75 Å². The zero-order chi connectivity index (χ0) is 15.1. The lowest BCUT2D eigenvalue weighted by molar-refractivity contribution is 0.0673. The highest BCUT2D eigenvalue weighted by atomic mass is 35.5. The van der Waals surface area contributed by atoms with Gasteiger partial charge in [-0.3, -0.25) is 0 Å². The van der Waals surface area contributed by atoms with E-state index < -0.39 is 0 Å². The Morgan fingerprint density at radius 3 is 2.81 bits per heavy atom. The summed E-state index contributed by atoms with van der Waals surface area (Å²) < 4.78 is 11.2. The molecule has 21 heavy (non-hydrogen) atoms. The fraction of sp³-hybridized carbons (Fsp3) is 0.533. The van der Waals surface area contributed by atoms with Crippen molar-refractivity contribution in [2.75, 3.05) is 32.8 Å². The molecule has 2 N–H and O–H groups in total. The topological polar surface area (TPSA) is 60.1 Å². The number of rotatable bonds is 5. The van der Waals surface area contributed by atoms with E-state index in [1.165, 1.54) is 0 Å². The quantitative estimate of drug-likeness (QED) is 0.668. The minimum atomic E-state index is -0.0375. The molecule has 1 aliphatic heterocycles. The molecule has 1 saturated heterocycles. The van der Waals surface area contributed by atoms with Crippen molar-refractivity contribution in [3.63, 3.8) is 0 Å². The number of para-hydroxylation sites is 1. The Bertz CT molecular complexity index is 476. The average Bonchev–Trinajstić information content (AvgIpc) is 2.53. The maximum absolute atomic E-state index is 6.10. The largest absolute Gasteiger partial charge is 0.487 e. The highest BCUT2D eigenvalue weighted by Crippen LogP contribution is 2.24. The lowest BCUT2D eigenvalue weighted by Gasteiger charge is -2.28. The summed E-state index contributed by atoms with van der Waals surface area (Å²) in [4.78, 5) is 6.47. The zero-order valence-electron chi connectivity index (χ0n) is 12.3. The third-order valence-corrected chi connectivity index (χ3v) is 3.69. The summed E-state index contributed by atoms with van der Waals surface area (Å²) in [5.74, 6) is 1.24. The molecule has 0 bridgehead atoms. The van der Waals surface area contributed by atoms with Crippen LogP contribution >= 0.6 is 11.6 Å². The molecule has 1 aliphatic rings. The first-order valence-corrected chi connectivity index (χ1v) is 7.62. The molecule has 0 aromatic heterocycles. The van der Waals surface area contributed by atoms with Crippen molar-refractivity contribution in [3.8, 4) is 5.75 Å². The normalized spacial score (nSPS) is 17.6. The number of nitrogens with zero attached hydrogens (tertiary/aromatic N) is 2. The van der Waals surface area contributed by atoms with Crippen molar-refractivity contribution >= 4 is 17.6 Å². The third-order valence-electron chi connectivity index (χ3n) is 3.38. The first-order valence-electron chi connectivity index (χ1n) is 7.24. The molecule has 0 amide bonds. The molecule has 0 radical (unpaired) electrons. The monoisotopic (exact) mass is 311 g/mol. The third kappa shape index (κ3) is 4.79. The maximum atomic E-state index is 6.10. The number of hydrogen-bond donors (Lipinski definition) is 1. The van der Waals surface area contributed by atoms with Gasteiger partial charge >= 0.3 is 0 Å². The van der Waals surface area contributed by atoms with Gasteiger partial charge in [0.25, 0.3) is 0 Å². The van der Waals surface area contributed by atoms with Gasteiger partial charge in [-0.05, 0) is 18.6 Å². The van der Waals surface area contributed by atoms with Crippen molar-refractivity contribution < 1.29 is 9.47 Å². The van der Waals surface area contributed by atoms with Gasteiger partial charge in [0.2, 0.25) is 0 Å². The maximum Gasteiger partial charge on any atom is 0.191 e. The fourth-order valence-corrected chi connectivity index (χ4v) is 2.24. The molecular formula is C15H22ClN3O2. The van der Waals surface area contributed by atoms with E-state index in [0.29, 0.717) is 36.5 Å². The van der Waals surface area contributed by atoms with Crippen molar-refractivity contribution in [3.05, 3.63) is 29.3 Å². The van der Waals surface area contributed by atoms with Gasteiger partial charge in [-0.2, -0.15) is 0 Å². The Balaban J connectivity index is 1.91. The van der Waals surface area contributed by atoms with Crippen LogP contribution < -0.4 is 10.5 Å². The first kappa shape index (κ1) is 15.9. The Labute approximate surface area is 130 Å². The van der Waals surface area contributed by atoms with Gasteiger partial charge in [0, 0.05) is 13.1 Å². The van der Waals surface area contributed by atoms with Gasteiger partial charge in [-0.25, -0.2) is 4.99 Å². The molecule has 1 unspecified atom stereocenters. The van der Waals surface area contributed by atoms with Crippen LogP contribution in [0.15, 0.2) is 29.3 Å². The highest BCUT2D eigenvalue weighted by Gasteiger charge is 2.14. The molecule has 6 heteroatoms. The number of guanidine groups is 1. The summed E-state index contributed by atoms with van der Waals surface area (Å²) in [6.07, 6.45) is 0.801. The minimum Gasteiger partial charge on any atom is -0.487 e.